The summed E-state index contributed by atoms with van der Waals surface area (Å²) in [6.07, 6.45) is 13.0. The number of piperidine rings is 1. The van der Waals surface area contributed by atoms with Gasteiger partial charge in [0.25, 0.3) is 0 Å². The number of carbonyl (C=O) groups is 1. The van der Waals surface area contributed by atoms with Crippen LogP contribution in [0.5, 0.6) is 0 Å². The van der Waals surface area contributed by atoms with E-state index in [1.165, 1.54) is 0 Å². The van der Waals surface area contributed by atoms with E-state index >= 15 is 0 Å². The van der Waals surface area contributed by atoms with Crippen LogP contribution in [0, 0.1) is 5.92 Å². The third-order valence-corrected chi connectivity index (χ3v) is 4.58. The van der Waals surface area contributed by atoms with Crippen LogP contribution in [0.2, 0.25) is 0 Å². The molecule has 0 aromatic carbocycles. The number of likely N-dealkylation sites (tertiary alicyclic amines) is 1. The summed E-state index contributed by atoms with van der Waals surface area (Å²) < 4.78 is 5.95. The number of nitrogens with zero attached hydrogens (tertiary/aromatic N) is 2. The fourth-order valence-electron chi connectivity index (χ4n) is 3.22. The minimum Gasteiger partial charge on any atom is -0.373 e. The monoisotopic (exact) mass is 300 g/mol. The van der Waals surface area contributed by atoms with Crippen LogP contribution < -0.4 is 0 Å². The molecule has 1 aliphatic heterocycles. The SMILES string of the molecule is O=C([C@@H]1CC=CCC1)N1CCC(OCc2cccnc2)CC1. The summed E-state index contributed by atoms with van der Waals surface area (Å²) in [7, 11) is 0. The molecule has 1 amide bonds. The minimum atomic E-state index is 0.206. The van der Waals surface area contributed by atoms with Crippen molar-refractivity contribution in [3.05, 3.63) is 42.2 Å². The summed E-state index contributed by atoms with van der Waals surface area (Å²) >= 11 is 0. The standard InChI is InChI=1S/C18H24N2O2/c21-18(16-6-2-1-3-7-16)20-11-8-17(9-12-20)22-14-15-5-4-10-19-13-15/h1-2,4-5,10,13,16-17H,3,6-9,11-12,14H2/t16-/m1/s1. The van der Waals surface area contributed by atoms with E-state index in [2.05, 4.69) is 17.1 Å². The second-order valence-corrected chi connectivity index (χ2v) is 6.18. The van der Waals surface area contributed by atoms with Crippen LogP contribution in [-0.4, -0.2) is 35.0 Å². The topological polar surface area (TPSA) is 42.4 Å². The third-order valence-electron chi connectivity index (χ3n) is 4.58. The summed E-state index contributed by atoms with van der Waals surface area (Å²) in [6.45, 7) is 2.27. The molecule has 0 saturated carbocycles. The van der Waals surface area contributed by atoms with Crippen LogP contribution in [0.15, 0.2) is 36.7 Å². The molecule has 3 rings (SSSR count). The Morgan fingerprint density at radius 3 is 2.82 bits per heavy atom. The fourth-order valence-corrected chi connectivity index (χ4v) is 3.22. The number of aromatic nitrogens is 1. The summed E-state index contributed by atoms with van der Waals surface area (Å²) in [5.41, 5.74) is 1.11. The first-order valence-electron chi connectivity index (χ1n) is 8.27. The highest BCUT2D eigenvalue weighted by atomic mass is 16.5. The Morgan fingerprint density at radius 2 is 2.14 bits per heavy atom. The molecule has 0 N–H and O–H groups in total. The molecule has 0 unspecified atom stereocenters. The number of hydrogen-bond donors (Lipinski definition) is 0. The molecule has 0 bridgehead atoms. The molecule has 1 aliphatic carbocycles. The quantitative estimate of drug-likeness (QED) is 0.803. The normalized spacial score (nSPS) is 22.7. The van der Waals surface area contributed by atoms with Gasteiger partial charge in [0.2, 0.25) is 5.91 Å². The predicted octanol–water partition coefficient (Wildman–Crippen LogP) is 2.95. The van der Waals surface area contributed by atoms with Crippen molar-refractivity contribution in [3.63, 3.8) is 0 Å². The molecule has 2 aliphatic rings. The number of carbonyl (C=O) groups excluding carboxylic acids is 1. The Morgan fingerprint density at radius 1 is 1.27 bits per heavy atom. The predicted molar refractivity (Wildman–Crippen MR) is 85.1 cm³/mol. The van der Waals surface area contributed by atoms with Gasteiger partial charge in [-0.05, 0) is 43.7 Å². The van der Waals surface area contributed by atoms with Crippen LogP contribution in [0.3, 0.4) is 0 Å². The highest BCUT2D eigenvalue weighted by Gasteiger charge is 2.28. The molecule has 4 heteroatoms. The Bertz CT molecular complexity index is 507. The molecule has 1 fully saturated rings. The van der Waals surface area contributed by atoms with Crippen molar-refractivity contribution >= 4 is 5.91 Å². The Balaban J connectivity index is 1.42. The summed E-state index contributed by atoms with van der Waals surface area (Å²) in [5, 5.41) is 0. The van der Waals surface area contributed by atoms with Gasteiger partial charge in [-0.25, -0.2) is 0 Å². The van der Waals surface area contributed by atoms with E-state index in [4.69, 9.17) is 4.74 Å². The molecule has 2 heterocycles. The summed E-state index contributed by atoms with van der Waals surface area (Å²) in [5.74, 6) is 0.549. The number of hydrogen-bond acceptors (Lipinski definition) is 3. The van der Waals surface area contributed by atoms with E-state index in [9.17, 15) is 4.79 Å². The number of ether oxygens (including phenoxy) is 1. The largest absolute Gasteiger partial charge is 0.373 e. The van der Waals surface area contributed by atoms with Crippen molar-refractivity contribution < 1.29 is 9.53 Å². The van der Waals surface area contributed by atoms with Crippen molar-refractivity contribution in [2.45, 2.75) is 44.8 Å². The Hall–Kier alpha value is -1.68. The molecule has 4 nitrogen and oxygen atoms in total. The van der Waals surface area contributed by atoms with Crippen molar-refractivity contribution in [3.8, 4) is 0 Å². The van der Waals surface area contributed by atoms with Gasteiger partial charge in [-0.3, -0.25) is 9.78 Å². The first-order chi connectivity index (χ1) is 10.8. The maximum absolute atomic E-state index is 12.5. The lowest BCUT2D eigenvalue weighted by Crippen LogP contribution is -2.43. The highest BCUT2D eigenvalue weighted by molar-refractivity contribution is 5.79. The molecule has 1 aromatic heterocycles. The van der Waals surface area contributed by atoms with Gasteiger partial charge in [-0.2, -0.15) is 0 Å². The van der Waals surface area contributed by atoms with E-state index < -0.39 is 0 Å². The van der Waals surface area contributed by atoms with Crippen LogP contribution in [0.4, 0.5) is 0 Å². The first-order valence-corrected chi connectivity index (χ1v) is 8.27. The summed E-state index contributed by atoms with van der Waals surface area (Å²) in [4.78, 5) is 18.6. The molecule has 1 atom stereocenters. The maximum atomic E-state index is 12.5. The molecule has 0 radical (unpaired) electrons. The van der Waals surface area contributed by atoms with Crippen LogP contribution in [-0.2, 0) is 16.1 Å². The second kappa shape index (κ2) is 7.54. The van der Waals surface area contributed by atoms with Crippen LogP contribution in [0.1, 0.15) is 37.7 Å². The van der Waals surface area contributed by atoms with Crippen molar-refractivity contribution in [2.75, 3.05) is 13.1 Å². The number of amides is 1. The Labute approximate surface area is 132 Å². The molecule has 1 saturated heterocycles. The maximum Gasteiger partial charge on any atom is 0.226 e. The molecule has 1 aromatic rings. The number of rotatable bonds is 4. The summed E-state index contributed by atoms with van der Waals surface area (Å²) in [6, 6.07) is 3.96. The van der Waals surface area contributed by atoms with Gasteiger partial charge in [0.15, 0.2) is 0 Å². The van der Waals surface area contributed by atoms with E-state index in [1.54, 1.807) is 6.20 Å². The zero-order valence-electron chi connectivity index (χ0n) is 13.0. The van der Waals surface area contributed by atoms with Gasteiger partial charge < -0.3 is 9.64 Å². The zero-order chi connectivity index (χ0) is 15.2. The van der Waals surface area contributed by atoms with E-state index in [1.807, 2.05) is 23.2 Å². The highest BCUT2D eigenvalue weighted by Crippen LogP contribution is 2.23. The van der Waals surface area contributed by atoms with Gasteiger partial charge in [-0.15, -0.1) is 0 Å². The van der Waals surface area contributed by atoms with E-state index in [-0.39, 0.29) is 12.0 Å². The van der Waals surface area contributed by atoms with E-state index in [0.29, 0.717) is 12.5 Å². The average molecular weight is 300 g/mol. The zero-order valence-corrected chi connectivity index (χ0v) is 13.0. The van der Waals surface area contributed by atoms with Gasteiger partial charge in [0.1, 0.15) is 0 Å². The first kappa shape index (κ1) is 15.2. The van der Waals surface area contributed by atoms with Gasteiger partial charge in [0.05, 0.1) is 12.7 Å². The fraction of sp³-hybridized carbons (Fsp3) is 0.556. The van der Waals surface area contributed by atoms with Crippen molar-refractivity contribution in [2.24, 2.45) is 5.92 Å². The number of pyridine rings is 1. The van der Waals surface area contributed by atoms with Gasteiger partial charge >= 0.3 is 0 Å². The van der Waals surface area contributed by atoms with Crippen molar-refractivity contribution in [1.29, 1.82) is 0 Å². The van der Waals surface area contributed by atoms with Crippen LogP contribution in [0.25, 0.3) is 0 Å². The Kier molecular flexibility index (Phi) is 5.22. The lowest BCUT2D eigenvalue weighted by molar-refractivity contribution is -0.138. The molecular weight excluding hydrogens is 276 g/mol. The van der Waals surface area contributed by atoms with Gasteiger partial charge in [-0.1, -0.05) is 18.2 Å². The van der Waals surface area contributed by atoms with Gasteiger partial charge in [0, 0.05) is 31.4 Å². The van der Waals surface area contributed by atoms with Crippen molar-refractivity contribution in [1.82, 2.24) is 9.88 Å². The second-order valence-electron chi connectivity index (χ2n) is 6.18. The molecule has 118 valence electrons. The molecular formula is C18H24N2O2. The van der Waals surface area contributed by atoms with E-state index in [0.717, 1.165) is 50.8 Å². The molecule has 0 spiro atoms. The molecule has 22 heavy (non-hydrogen) atoms. The smallest absolute Gasteiger partial charge is 0.226 e. The lowest BCUT2D eigenvalue weighted by Gasteiger charge is -2.34. The third kappa shape index (κ3) is 3.95. The lowest BCUT2D eigenvalue weighted by atomic mass is 9.92. The average Bonchev–Trinajstić information content (AvgIpc) is 2.61. The minimum absolute atomic E-state index is 0.206. The number of allylic oxidation sites excluding steroid dienone is 2. The van der Waals surface area contributed by atoms with Crippen LogP contribution >= 0.6 is 0 Å².